The molecule has 0 spiro atoms. The lowest BCUT2D eigenvalue weighted by molar-refractivity contribution is -0.145. The minimum Gasteiger partial charge on any atom is -0.459 e. The first-order chi connectivity index (χ1) is 11.2. The third-order valence-electron chi connectivity index (χ3n) is 3.28. The first-order valence-corrected chi connectivity index (χ1v) is 7.14. The lowest BCUT2D eigenvalue weighted by Gasteiger charge is -2.05. The molecule has 116 valence electrons. The van der Waals surface area contributed by atoms with Crippen LogP contribution < -0.4 is 5.73 Å². The largest absolute Gasteiger partial charge is 0.459 e. The van der Waals surface area contributed by atoms with E-state index in [-0.39, 0.29) is 19.1 Å². The summed E-state index contributed by atoms with van der Waals surface area (Å²) in [5.41, 5.74) is 8.39. The van der Waals surface area contributed by atoms with Gasteiger partial charge in [0.25, 0.3) is 0 Å². The third-order valence-corrected chi connectivity index (χ3v) is 3.28. The van der Waals surface area contributed by atoms with E-state index in [9.17, 15) is 4.79 Å². The molecule has 0 aliphatic carbocycles. The van der Waals surface area contributed by atoms with Gasteiger partial charge in [0.15, 0.2) is 0 Å². The standard InChI is InChI=1S/C17H16N4O2/c18-16-8-14(6-7-19-16)15-9-20-21(10-15)11-17(22)23-12-13-4-2-1-3-5-13/h1-10H,11-12H2,(H2,18,19). The number of hydrogen-bond donors (Lipinski definition) is 1. The van der Waals surface area contributed by atoms with Crippen LogP contribution in [0.2, 0.25) is 0 Å². The number of nitrogen functional groups attached to an aromatic ring is 1. The average molecular weight is 308 g/mol. The van der Waals surface area contributed by atoms with Crippen LogP contribution in [0.5, 0.6) is 0 Å². The normalized spacial score (nSPS) is 10.4. The fraction of sp³-hybridized carbons (Fsp3) is 0.118. The maximum atomic E-state index is 11.9. The number of esters is 1. The predicted molar refractivity (Wildman–Crippen MR) is 86.1 cm³/mol. The van der Waals surface area contributed by atoms with Crippen molar-refractivity contribution in [3.63, 3.8) is 0 Å². The van der Waals surface area contributed by atoms with Crippen molar-refractivity contribution in [1.29, 1.82) is 0 Å². The number of nitrogens with zero attached hydrogens (tertiary/aromatic N) is 3. The van der Waals surface area contributed by atoms with Crippen molar-refractivity contribution in [2.45, 2.75) is 13.2 Å². The molecule has 2 N–H and O–H groups in total. The van der Waals surface area contributed by atoms with Gasteiger partial charge < -0.3 is 10.5 Å². The number of carbonyl (C=O) groups is 1. The smallest absolute Gasteiger partial charge is 0.328 e. The van der Waals surface area contributed by atoms with E-state index in [1.807, 2.05) is 36.4 Å². The summed E-state index contributed by atoms with van der Waals surface area (Å²) in [7, 11) is 0. The number of ether oxygens (including phenoxy) is 1. The van der Waals surface area contributed by atoms with Crippen molar-refractivity contribution < 1.29 is 9.53 Å². The number of anilines is 1. The van der Waals surface area contributed by atoms with Crippen LogP contribution in [0, 0.1) is 0 Å². The quantitative estimate of drug-likeness (QED) is 0.731. The average Bonchev–Trinajstić information content (AvgIpc) is 3.02. The summed E-state index contributed by atoms with van der Waals surface area (Å²) in [6, 6.07) is 13.1. The Hall–Kier alpha value is -3.15. The number of nitrogens with two attached hydrogens (primary N) is 1. The highest BCUT2D eigenvalue weighted by atomic mass is 16.5. The Morgan fingerprint density at radius 2 is 2.00 bits per heavy atom. The molecule has 0 aliphatic heterocycles. The lowest BCUT2D eigenvalue weighted by atomic mass is 10.1. The predicted octanol–water partition coefficient (Wildman–Crippen LogP) is 2.27. The molecule has 3 aromatic rings. The van der Waals surface area contributed by atoms with Gasteiger partial charge in [0, 0.05) is 18.0 Å². The fourth-order valence-corrected chi connectivity index (χ4v) is 2.14. The molecule has 0 fully saturated rings. The molecule has 0 unspecified atom stereocenters. The molecule has 23 heavy (non-hydrogen) atoms. The van der Waals surface area contributed by atoms with E-state index in [2.05, 4.69) is 10.1 Å². The molecule has 1 aromatic carbocycles. The van der Waals surface area contributed by atoms with Gasteiger partial charge in [0.05, 0.1) is 6.20 Å². The zero-order valence-corrected chi connectivity index (χ0v) is 12.4. The van der Waals surface area contributed by atoms with Crippen molar-refractivity contribution in [2.75, 3.05) is 5.73 Å². The Morgan fingerprint density at radius 3 is 2.78 bits per heavy atom. The minimum absolute atomic E-state index is 0.0629. The number of aromatic nitrogens is 3. The molecule has 3 rings (SSSR count). The number of rotatable bonds is 5. The second kappa shape index (κ2) is 6.74. The maximum Gasteiger partial charge on any atom is 0.328 e. The number of hydrogen-bond acceptors (Lipinski definition) is 5. The highest BCUT2D eigenvalue weighted by molar-refractivity contribution is 5.70. The highest BCUT2D eigenvalue weighted by Gasteiger charge is 2.08. The van der Waals surface area contributed by atoms with Gasteiger partial charge in [-0.25, -0.2) is 4.98 Å². The lowest BCUT2D eigenvalue weighted by Crippen LogP contribution is -2.13. The summed E-state index contributed by atoms with van der Waals surface area (Å²) in [6.07, 6.45) is 5.09. The van der Waals surface area contributed by atoms with Crippen LogP contribution in [0.3, 0.4) is 0 Å². The van der Waals surface area contributed by atoms with E-state index in [1.54, 1.807) is 29.3 Å². The van der Waals surface area contributed by atoms with Gasteiger partial charge in [0.2, 0.25) is 0 Å². The SMILES string of the molecule is Nc1cc(-c2cnn(CC(=O)OCc3ccccc3)c2)ccn1. The van der Waals surface area contributed by atoms with E-state index >= 15 is 0 Å². The molecule has 0 radical (unpaired) electrons. The number of pyridine rings is 1. The second-order valence-electron chi connectivity index (χ2n) is 5.04. The van der Waals surface area contributed by atoms with Crippen LogP contribution in [0.15, 0.2) is 61.1 Å². The Balaban J connectivity index is 1.59. The molecule has 2 aromatic heterocycles. The molecule has 2 heterocycles. The van der Waals surface area contributed by atoms with E-state index < -0.39 is 0 Å². The summed E-state index contributed by atoms with van der Waals surface area (Å²) in [4.78, 5) is 15.8. The third kappa shape index (κ3) is 3.94. The Labute approximate surface area is 133 Å². The van der Waals surface area contributed by atoms with E-state index in [1.165, 1.54) is 0 Å². The van der Waals surface area contributed by atoms with Crippen molar-refractivity contribution >= 4 is 11.8 Å². The molecule has 6 nitrogen and oxygen atoms in total. The van der Waals surface area contributed by atoms with E-state index in [0.717, 1.165) is 16.7 Å². The summed E-state index contributed by atoms with van der Waals surface area (Å²) >= 11 is 0. The minimum atomic E-state index is -0.335. The van der Waals surface area contributed by atoms with E-state index in [4.69, 9.17) is 10.5 Å². The van der Waals surface area contributed by atoms with Crippen molar-refractivity contribution in [3.8, 4) is 11.1 Å². The van der Waals surface area contributed by atoms with E-state index in [0.29, 0.717) is 5.82 Å². The molecule has 0 amide bonds. The van der Waals surface area contributed by atoms with Gasteiger partial charge in [0.1, 0.15) is 19.0 Å². The van der Waals surface area contributed by atoms with Gasteiger partial charge in [-0.3, -0.25) is 9.48 Å². The van der Waals surface area contributed by atoms with Crippen molar-refractivity contribution in [3.05, 3.63) is 66.6 Å². The summed E-state index contributed by atoms with van der Waals surface area (Å²) in [6.45, 7) is 0.322. The molecule has 0 saturated heterocycles. The Kier molecular flexibility index (Phi) is 4.33. The molecule has 0 aliphatic rings. The molecule has 6 heteroatoms. The summed E-state index contributed by atoms with van der Waals surface area (Å²) in [5.74, 6) is 0.107. The van der Waals surface area contributed by atoms with Gasteiger partial charge >= 0.3 is 5.97 Å². The zero-order chi connectivity index (χ0) is 16.1. The maximum absolute atomic E-state index is 11.9. The topological polar surface area (TPSA) is 83.0 Å². The van der Waals surface area contributed by atoms with Crippen LogP contribution in [-0.4, -0.2) is 20.7 Å². The Bertz CT molecular complexity index is 799. The van der Waals surface area contributed by atoms with Crippen LogP contribution in [-0.2, 0) is 22.7 Å². The second-order valence-corrected chi connectivity index (χ2v) is 5.04. The Morgan fingerprint density at radius 1 is 1.17 bits per heavy atom. The molecular weight excluding hydrogens is 292 g/mol. The van der Waals surface area contributed by atoms with Crippen LogP contribution in [0.25, 0.3) is 11.1 Å². The number of carbonyl (C=O) groups excluding carboxylic acids is 1. The molecule has 0 atom stereocenters. The van der Waals surface area contributed by atoms with Gasteiger partial charge in [-0.05, 0) is 23.3 Å². The van der Waals surface area contributed by atoms with Gasteiger partial charge in [-0.15, -0.1) is 0 Å². The monoisotopic (exact) mass is 308 g/mol. The van der Waals surface area contributed by atoms with Crippen molar-refractivity contribution in [1.82, 2.24) is 14.8 Å². The van der Waals surface area contributed by atoms with Gasteiger partial charge in [-0.2, -0.15) is 5.10 Å². The van der Waals surface area contributed by atoms with Crippen molar-refractivity contribution in [2.24, 2.45) is 0 Å². The highest BCUT2D eigenvalue weighted by Crippen LogP contribution is 2.19. The van der Waals surface area contributed by atoms with Gasteiger partial charge in [-0.1, -0.05) is 30.3 Å². The first kappa shape index (κ1) is 14.8. The summed E-state index contributed by atoms with van der Waals surface area (Å²) in [5, 5.41) is 4.17. The first-order valence-electron chi connectivity index (χ1n) is 7.14. The zero-order valence-electron chi connectivity index (χ0n) is 12.4. The van der Waals surface area contributed by atoms with Crippen LogP contribution >= 0.6 is 0 Å². The molecule has 0 bridgehead atoms. The fourth-order valence-electron chi connectivity index (χ4n) is 2.14. The number of benzene rings is 1. The molecular formula is C17H16N4O2. The summed E-state index contributed by atoms with van der Waals surface area (Å²) < 4.78 is 6.78. The van der Waals surface area contributed by atoms with Crippen LogP contribution in [0.4, 0.5) is 5.82 Å². The molecule has 0 saturated carbocycles. The van der Waals surface area contributed by atoms with Crippen LogP contribution in [0.1, 0.15) is 5.56 Å².